The molecule has 0 saturated heterocycles. The molecule has 0 amide bonds. The first kappa shape index (κ1) is 20.6. The van der Waals surface area contributed by atoms with Gasteiger partial charge in [0, 0.05) is 12.2 Å². The summed E-state index contributed by atoms with van der Waals surface area (Å²) in [6, 6.07) is 0. The fourth-order valence-electron chi connectivity index (χ4n) is 0.580. The second kappa shape index (κ2) is 13.7. The van der Waals surface area contributed by atoms with Gasteiger partial charge in [-0.3, -0.25) is 0 Å². The fraction of sp³-hybridized carbons (Fsp3) is 0.500. The van der Waals surface area contributed by atoms with Crippen molar-refractivity contribution in [2.45, 2.75) is 12.2 Å². The minimum Gasteiger partial charge on any atom is -0.460 e. The molecule has 0 radical (unpaired) electrons. The number of esters is 2. The molecule has 0 bridgehead atoms. The van der Waals surface area contributed by atoms with E-state index in [-0.39, 0.29) is 13.2 Å². The van der Waals surface area contributed by atoms with Gasteiger partial charge in [-0.05, 0) is 0 Å². The molecule has 2 unspecified atom stereocenters. The Morgan fingerprint density at radius 2 is 1.20 bits per heavy atom. The maximum atomic E-state index is 10.3. The average molecular weight is 292 g/mol. The third-order valence-corrected chi connectivity index (χ3v) is 1.59. The fourth-order valence-corrected chi connectivity index (χ4v) is 0.580. The first-order valence-electron chi connectivity index (χ1n) is 5.57. The van der Waals surface area contributed by atoms with Crippen molar-refractivity contribution in [3.05, 3.63) is 25.3 Å². The van der Waals surface area contributed by atoms with Crippen molar-refractivity contribution in [2.75, 3.05) is 26.4 Å². The highest BCUT2D eigenvalue weighted by Crippen LogP contribution is 1.85. The Bertz CT molecular complexity index is 272. The molecule has 8 heteroatoms. The van der Waals surface area contributed by atoms with E-state index in [1.165, 1.54) is 0 Å². The molecule has 0 aliphatic rings. The van der Waals surface area contributed by atoms with Gasteiger partial charge in [-0.2, -0.15) is 0 Å². The van der Waals surface area contributed by atoms with Crippen molar-refractivity contribution < 1.29 is 39.5 Å². The summed E-state index contributed by atoms with van der Waals surface area (Å²) >= 11 is 0. The number of carbonyl (C=O) groups is 2. The smallest absolute Gasteiger partial charge is 0.330 e. The lowest BCUT2D eigenvalue weighted by Crippen LogP contribution is -2.21. The number of carbonyl (C=O) groups excluding carboxylic acids is 2. The van der Waals surface area contributed by atoms with Gasteiger partial charge in [0.1, 0.15) is 25.4 Å². The van der Waals surface area contributed by atoms with Crippen LogP contribution in [0.2, 0.25) is 0 Å². The van der Waals surface area contributed by atoms with Gasteiger partial charge in [0.25, 0.3) is 0 Å². The van der Waals surface area contributed by atoms with E-state index in [4.69, 9.17) is 20.4 Å². The molecule has 20 heavy (non-hydrogen) atoms. The zero-order chi connectivity index (χ0) is 16.0. The predicted molar refractivity (Wildman–Crippen MR) is 68.5 cm³/mol. The molecule has 0 spiro atoms. The first-order chi connectivity index (χ1) is 9.40. The monoisotopic (exact) mass is 292 g/mol. The SMILES string of the molecule is C=CC(=O)OCC(O)CO.C=CC(=O)OCC(O)CO. The molecule has 0 fully saturated rings. The van der Waals surface area contributed by atoms with E-state index in [0.29, 0.717) is 0 Å². The highest BCUT2D eigenvalue weighted by atomic mass is 16.5. The molecular weight excluding hydrogens is 272 g/mol. The number of rotatable bonds is 8. The largest absolute Gasteiger partial charge is 0.460 e. The molecule has 0 aromatic carbocycles. The number of hydrogen-bond acceptors (Lipinski definition) is 8. The van der Waals surface area contributed by atoms with Crippen LogP contribution in [0.3, 0.4) is 0 Å². The van der Waals surface area contributed by atoms with E-state index in [1.54, 1.807) is 0 Å². The third kappa shape index (κ3) is 14.3. The molecule has 116 valence electrons. The molecule has 0 aromatic rings. The van der Waals surface area contributed by atoms with E-state index in [0.717, 1.165) is 12.2 Å². The average Bonchev–Trinajstić information content (AvgIpc) is 2.49. The molecule has 0 aliphatic heterocycles. The predicted octanol–water partition coefficient (Wildman–Crippen LogP) is -1.86. The van der Waals surface area contributed by atoms with E-state index < -0.39 is 37.4 Å². The Balaban J connectivity index is 0. The minimum absolute atomic E-state index is 0.193. The van der Waals surface area contributed by atoms with Crippen molar-refractivity contribution in [2.24, 2.45) is 0 Å². The lowest BCUT2D eigenvalue weighted by atomic mass is 10.4. The van der Waals surface area contributed by atoms with Crippen LogP contribution >= 0.6 is 0 Å². The Labute approximate surface area is 116 Å². The van der Waals surface area contributed by atoms with Crippen molar-refractivity contribution >= 4 is 11.9 Å². The zero-order valence-electron chi connectivity index (χ0n) is 11.0. The summed E-state index contributed by atoms with van der Waals surface area (Å²) < 4.78 is 8.75. The molecule has 0 heterocycles. The second-order valence-corrected chi connectivity index (χ2v) is 3.34. The lowest BCUT2D eigenvalue weighted by molar-refractivity contribution is -0.142. The second-order valence-electron chi connectivity index (χ2n) is 3.34. The molecule has 8 nitrogen and oxygen atoms in total. The number of aliphatic hydroxyl groups excluding tert-OH is 4. The third-order valence-electron chi connectivity index (χ3n) is 1.59. The maximum Gasteiger partial charge on any atom is 0.330 e. The molecular formula is C12H20O8. The lowest BCUT2D eigenvalue weighted by Gasteiger charge is -2.05. The molecule has 4 N–H and O–H groups in total. The Hall–Kier alpha value is -1.74. The van der Waals surface area contributed by atoms with E-state index in [9.17, 15) is 9.59 Å². The van der Waals surface area contributed by atoms with Crippen LogP contribution in [0, 0.1) is 0 Å². The first-order valence-corrected chi connectivity index (χ1v) is 5.57. The van der Waals surface area contributed by atoms with Gasteiger partial charge in [-0.1, -0.05) is 13.2 Å². The van der Waals surface area contributed by atoms with Crippen molar-refractivity contribution in [1.29, 1.82) is 0 Å². The maximum absolute atomic E-state index is 10.3. The van der Waals surface area contributed by atoms with Crippen LogP contribution in [-0.2, 0) is 19.1 Å². The standard InChI is InChI=1S/2C6H10O4/c2*1-2-6(9)10-4-5(8)3-7/h2*2,5,7-8H,1,3-4H2. The number of aliphatic hydroxyl groups is 4. The van der Waals surface area contributed by atoms with Gasteiger partial charge in [0.15, 0.2) is 0 Å². The van der Waals surface area contributed by atoms with Crippen molar-refractivity contribution in [1.82, 2.24) is 0 Å². The summed E-state index contributed by atoms with van der Waals surface area (Å²) in [5.74, 6) is -1.21. The summed E-state index contributed by atoms with van der Waals surface area (Å²) in [5.41, 5.74) is 0. The summed E-state index contributed by atoms with van der Waals surface area (Å²) in [6.45, 7) is 5.08. The summed E-state index contributed by atoms with van der Waals surface area (Å²) in [6.07, 6.45) is -0.0124. The normalized spacial score (nSPS) is 12.2. The Morgan fingerprint density at radius 3 is 1.40 bits per heavy atom. The molecule has 0 aliphatic carbocycles. The van der Waals surface area contributed by atoms with Gasteiger partial charge in [-0.25, -0.2) is 9.59 Å². The Morgan fingerprint density at radius 1 is 0.900 bits per heavy atom. The van der Waals surface area contributed by atoms with E-state index in [2.05, 4.69) is 22.6 Å². The van der Waals surface area contributed by atoms with Crippen LogP contribution in [0.4, 0.5) is 0 Å². The van der Waals surface area contributed by atoms with Gasteiger partial charge in [-0.15, -0.1) is 0 Å². The van der Waals surface area contributed by atoms with E-state index >= 15 is 0 Å². The van der Waals surface area contributed by atoms with Crippen LogP contribution in [0.5, 0.6) is 0 Å². The van der Waals surface area contributed by atoms with Crippen LogP contribution < -0.4 is 0 Å². The Kier molecular flexibility index (Phi) is 14.1. The topological polar surface area (TPSA) is 134 Å². The number of hydrogen-bond donors (Lipinski definition) is 4. The van der Waals surface area contributed by atoms with Gasteiger partial charge in [0.2, 0.25) is 0 Å². The number of ether oxygens (including phenoxy) is 2. The highest BCUT2D eigenvalue weighted by molar-refractivity contribution is 5.81. The van der Waals surface area contributed by atoms with Gasteiger partial charge >= 0.3 is 11.9 Å². The molecule has 0 saturated carbocycles. The highest BCUT2D eigenvalue weighted by Gasteiger charge is 2.04. The summed E-state index contributed by atoms with van der Waals surface area (Å²) in [7, 11) is 0. The summed E-state index contributed by atoms with van der Waals surface area (Å²) in [4.78, 5) is 20.6. The van der Waals surface area contributed by atoms with Gasteiger partial charge in [0.05, 0.1) is 13.2 Å². The molecule has 0 rings (SSSR count). The van der Waals surface area contributed by atoms with Crippen LogP contribution in [0.15, 0.2) is 25.3 Å². The van der Waals surface area contributed by atoms with Crippen LogP contribution in [0.1, 0.15) is 0 Å². The van der Waals surface area contributed by atoms with Crippen LogP contribution in [0.25, 0.3) is 0 Å². The zero-order valence-corrected chi connectivity index (χ0v) is 11.0. The minimum atomic E-state index is -0.996. The summed E-state index contributed by atoms with van der Waals surface area (Å²) in [5, 5.41) is 33.8. The quantitative estimate of drug-likeness (QED) is 0.302. The van der Waals surface area contributed by atoms with Crippen LogP contribution in [-0.4, -0.2) is 71.0 Å². The molecule has 0 aromatic heterocycles. The van der Waals surface area contributed by atoms with Crippen molar-refractivity contribution in [3.8, 4) is 0 Å². The van der Waals surface area contributed by atoms with Gasteiger partial charge < -0.3 is 29.9 Å². The van der Waals surface area contributed by atoms with E-state index in [1.807, 2.05) is 0 Å². The van der Waals surface area contributed by atoms with Crippen molar-refractivity contribution in [3.63, 3.8) is 0 Å². The molecule has 2 atom stereocenters.